The van der Waals surface area contributed by atoms with Gasteiger partial charge in [-0.3, -0.25) is 9.59 Å². The number of sulfone groups is 1. The SMILES string of the molecule is CCCCc1ccc(S(=O)(=O)C2C=NC(SCC(=O)NC3CCCCC3)=NC2=O)cc1. The lowest BCUT2D eigenvalue weighted by Gasteiger charge is -2.22. The second-order valence-corrected chi connectivity index (χ2v) is 10.9. The summed E-state index contributed by atoms with van der Waals surface area (Å²) in [6.07, 6.45) is 9.56. The Hall–Kier alpha value is -2.00. The topological polar surface area (TPSA) is 105 Å². The fraction of sp³-hybridized carbons (Fsp3) is 0.545. The summed E-state index contributed by atoms with van der Waals surface area (Å²) in [5, 5.41) is 1.67. The summed E-state index contributed by atoms with van der Waals surface area (Å²) in [5.41, 5.74) is 1.06. The van der Waals surface area contributed by atoms with E-state index in [9.17, 15) is 18.0 Å². The van der Waals surface area contributed by atoms with Gasteiger partial charge in [0.2, 0.25) is 5.91 Å². The van der Waals surface area contributed by atoms with Crippen LogP contribution < -0.4 is 5.32 Å². The van der Waals surface area contributed by atoms with Gasteiger partial charge in [0.15, 0.2) is 20.3 Å². The molecule has 0 aromatic heterocycles. The van der Waals surface area contributed by atoms with Crippen LogP contribution in [0, 0.1) is 0 Å². The summed E-state index contributed by atoms with van der Waals surface area (Å²) in [5.74, 6) is -0.809. The molecule has 1 atom stereocenters. The smallest absolute Gasteiger partial charge is 0.272 e. The minimum atomic E-state index is -3.92. The van der Waals surface area contributed by atoms with Crippen molar-refractivity contribution >= 4 is 44.8 Å². The Bertz CT molecular complexity index is 949. The second-order valence-electron chi connectivity index (χ2n) is 7.92. The predicted molar refractivity (Wildman–Crippen MR) is 124 cm³/mol. The lowest BCUT2D eigenvalue weighted by atomic mass is 9.95. The molecule has 1 unspecified atom stereocenters. The maximum atomic E-state index is 12.9. The molecule has 1 aliphatic heterocycles. The van der Waals surface area contributed by atoms with Crippen molar-refractivity contribution < 1.29 is 18.0 Å². The number of aliphatic imine (C=N–C) groups is 2. The van der Waals surface area contributed by atoms with Gasteiger partial charge < -0.3 is 5.32 Å². The molecule has 1 saturated carbocycles. The number of unbranched alkanes of at least 4 members (excludes halogenated alkanes) is 1. The Labute approximate surface area is 188 Å². The van der Waals surface area contributed by atoms with Crippen LogP contribution in [0.4, 0.5) is 0 Å². The zero-order valence-corrected chi connectivity index (χ0v) is 19.4. The molecule has 168 valence electrons. The van der Waals surface area contributed by atoms with Gasteiger partial charge in [0.25, 0.3) is 5.91 Å². The first-order chi connectivity index (χ1) is 14.9. The fourth-order valence-corrected chi connectivity index (χ4v) is 5.67. The van der Waals surface area contributed by atoms with E-state index in [4.69, 9.17) is 0 Å². The van der Waals surface area contributed by atoms with Crippen molar-refractivity contribution in [2.75, 3.05) is 5.75 Å². The Morgan fingerprint density at radius 2 is 1.87 bits per heavy atom. The third-order valence-corrected chi connectivity index (χ3v) is 8.26. The Balaban J connectivity index is 1.56. The molecule has 1 aromatic carbocycles. The molecular formula is C22H29N3O4S2. The third-order valence-electron chi connectivity index (χ3n) is 5.48. The van der Waals surface area contributed by atoms with E-state index < -0.39 is 21.0 Å². The highest BCUT2D eigenvalue weighted by atomic mass is 32.2. The standard InChI is InChI=1S/C22H29N3O4S2/c1-2-3-7-16-10-12-18(13-11-16)31(28,29)19-14-23-22(25-21(19)27)30-15-20(26)24-17-8-5-4-6-9-17/h10-14,17,19H,2-9,15H2,1H3,(H,24,26). The van der Waals surface area contributed by atoms with E-state index in [1.165, 1.54) is 18.6 Å². The lowest BCUT2D eigenvalue weighted by Crippen LogP contribution is -2.37. The van der Waals surface area contributed by atoms with Crippen LogP contribution in [0.5, 0.6) is 0 Å². The van der Waals surface area contributed by atoms with E-state index in [0.29, 0.717) is 0 Å². The van der Waals surface area contributed by atoms with Crippen LogP contribution in [0.2, 0.25) is 0 Å². The number of aryl methyl sites for hydroxylation is 1. The number of amidine groups is 1. The highest BCUT2D eigenvalue weighted by Crippen LogP contribution is 2.22. The molecule has 0 spiro atoms. The van der Waals surface area contributed by atoms with Crippen molar-refractivity contribution in [1.82, 2.24) is 5.32 Å². The number of carbonyl (C=O) groups is 2. The first kappa shape index (κ1) is 23.7. The number of rotatable bonds is 8. The highest BCUT2D eigenvalue weighted by Gasteiger charge is 2.35. The van der Waals surface area contributed by atoms with E-state index in [2.05, 4.69) is 22.2 Å². The van der Waals surface area contributed by atoms with E-state index in [-0.39, 0.29) is 27.8 Å². The highest BCUT2D eigenvalue weighted by molar-refractivity contribution is 8.14. The maximum absolute atomic E-state index is 12.9. The molecule has 0 saturated heterocycles. The fourth-order valence-electron chi connectivity index (χ4n) is 3.68. The molecule has 7 nitrogen and oxygen atoms in total. The van der Waals surface area contributed by atoms with Crippen molar-refractivity contribution in [2.24, 2.45) is 9.98 Å². The van der Waals surface area contributed by atoms with Crippen molar-refractivity contribution in [3.8, 4) is 0 Å². The molecule has 1 N–H and O–H groups in total. The Kier molecular flexibility index (Phi) is 8.43. The molecule has 1 heterocycles. The van der Waals surface area contributed by atoms with Gasteiger partial charge in [-0.05, 0) is 43.4 Å². The van der Waals surface area contributed by atoms with Crippen LogP contribution in [-0.4, -0.2) is 48.7 Å². The number of benzene rings is 1. The van der Waals surface area contributed by atoms with Crippen molar-refractivity contribution in [1.29, 1.82) is 0 Å². The maximum Gasteiger partial charge on any atom is 0.272 e. The number of nitrogens with one attached hydrogen (secondary N) is 1. The zero-order valence-electron chi connectivity index (χ0n) is 17.7. The van der Waals surface area contributed by atoms with Crippen LogP contribution in [0.1, 0.15) is 57.4 Å². The molecule has 1 aromatic rings. The normalized spacial score (nSPS) is 19.8. The number of thioether (sulfide) groups is 1. The quantitative estimate of drug-likeness (QED) is 0.637. The van der Waals surface area contributed by atoms with Gasteiger partial charge in [-0.15, -0.1) is 0 Å². The van der Waals surface area contributed by atoms with Gasteiger partial charge in [-0.1, -0.05) is 56.5 Å². The van der Waals surface area contributed by atoms with Crippen LogP contribution in [-0.2, 0) is 25.8 Å². The second kappa shape index (κ2) is 11.0. The molecule has 9 heteroatoms. The molecule has 0 bridgehead atoms. The number of carbonyl (C=O) groups excluding carboxylic acids is 2. The molecule has 3 rings (SSSR count). The Morgan fingerprint density at radius 1 is 1.16 bits per heavy atom. The largest absolute Gasteiger partial charge is 0.353 e. The van der Waals surface area contributed by atoms with E-state index >= 15 is 0 Å². The van der Waals surface area contributed by atoms with Crippen molar-refractivity contribution in [2.45, 2.75) is 74.5 Å². The summed E-state index contributed by atoms with van der Waals surface area (Å²) in [6, 6.07) is 6.84. The average Bonchev–Trinajstić information content (AvgIpc) is 2.77. The van der Waals surface area contributed by atoms with Gasteiger partial charge in [-0.2, -0.15) is 4.99 Å². The average molecular weight is 464 g/mol. The monoisotopic (exact) mass is 463 g/mol. The first-order valence-electron chi connectivity index (χ1n) is 10.8. The summed E-state index contributed by atoms with van der Waals surface area (Å²) < 4.78 is 25.7. The van der Waals surface area contributed by atoms with Crippen molar-refractivity contribution in [3.63, 3.8) is 0 Å². The predicted octanol–water partition coefficient (Wildman–Crippen LogP) is 3.32. The van der Waals surface area contributed by atoms with Gasteiger partial charge in [-0.25, -0.2) is 13.4 Å². The zero-order chi connectivity index (χ0) is 22.3. The molecule has 0 radical (unpaired) electrons. The summed E-state index contributed by atoms with van der Waals surface area (Å²) in [7, 11) is -3.92. The van der Waals surface area contributed by atoms with Crippen LogP contribution in [0.3, 0.4) is 0 Å². The molecule has 2 aliphatic rings. The lowest BCUT2D eigenvalue weighted by molar-refractivity contribution is -0.119. The first-order valence-corrected chi connectivity index (χ1v) is 13.3. The number of hydrogen-bond donors (Lipinski definition) is 1. The molecule has 1 aliphatic carbocycles. The summed E-state index contributed by atoms with van der Waals surface area (Å²) in [4.78, 5) is 32.5. The van der Waals surface area contributed by atoms with Gasteiger partial charge in [0, 0.05) is 12.3 Å². The van der Waals surface area contributed by atoms with E-state index in [0.717, 1.165) is 68.5 Å². The van der Waals surface area contributed by atoms with Gasteiger partial charge >= 0.3 is 0 Å². The third kappa shape index (κ3) is 6.49. The molecule has 31 heavy (non-hydrogen) atoms. The summed E-state index contributed by atoms with van der Waals surface area (Å²) in [6.45, 7) is 2.10. The Morgan fingerprint density at radius 3 is 2.52 bits per heavy atom. The summed E-state index contributed by atoms with van der Waals surface area (Å²) >= 11 is 1.04. The minimum Gasteiger partial charge on any atom is -0.353 e. The van der Waals surface area contributed by atoms with Gasteiger partial charge in [0.05, 0.1) is 10.6 Å². The molecule has 2 amide bonds. The molecular weight excluding hydrogens is 434 g/mol. The number of hydrogen-bond acceptors (Lipinski definition) is 6. The molecule has 1 fully saturated rings. The van der Waals surface area contributed by atoms with Crippen LogP contribution in [0.15, 0.2) is 39.1 Å². The van der Waals surface area contributed by atoms with Crippen molar-refractivity contribution in [3.05, 3.63) is 29.8 Å². The van der Waals surface area contributed by atoms with E-state index in [1.54, 1.807) is 12.1 Å². The van der Waals surface area contributed by atoms with Crippen LogP contribution in [0.25, 0.3) is 0 Å². The minimum absolute atomic E-state index is 0.0794. The van der Waals surface area contributed by atoms with Crippen LogP contribution >= 0.6 is 11.8 Å². The van der Waals surface area contributed by atoms with E-state index in [1.807, 2.05) is 0 Å². The number of nitrogens with zero attached hydrogens (tertiary/aromatic N) is 2. The number of amides is 2. The van der Waals surface area contributed by atoms with Gasteiger partial charge in [0.1, 0.15) is 0 Å².